The van der Waals surface area contributed by atoms with Crippen molar-refractivity contribution in [3.05, 3.63) is 169 Å². The minimum atomic E-state index is -1.09. The third kappa shape index (κ3) is 5.22. The van der Waals surface area contributed by atoms with Crippen molar-refractivity contribution >= 4 is 34.1 Å². The highest BCUT2D eigenvalue weighted by molar-refractivity contribution is 5.81. The molecule has 0 aliphatic rings. The van der Waals surface area contributed by atoms with E-state index >= 15 is 17.6 Å². The van der Waals surface area contributed by atoms with Crippen LogP contribution in [0.4, 0.5) is 51.7 Å². The summed E-state index contributed by atoms with van der Waals surface area (Å²) >= 11 is 0. The molecule has 0 saturated heterocycles. The monoisotopic (exact) mass is 560 g/mol. The molecule has 0 atom stereocenters. The molecular formula is C36H24F4N2. The SMILES string of the molecule is Fc1cc(N(c2ccccc2)c2ccccc2)cc(F)c1-c1c(F)cc(N(c2ccccc2)c2ccccc2)cc1F. The van der Waals surface area contributed by atoms with Gasteiger partial charge in [0.15, 0.2) is 0 Å². The number of anilines is 6. The van der Waals surface area contributed by atoms with Gasteiger partial charge in [0.25, 0.3) is 0 Å². The summed E-state index contributed by atoms with van der Waals surface area (Å²) in [4.78, 5) is 3.34. The van der Waals surface area contributed by atoms with Gasteiger partial charge in [-0.2, -0.15) is 0 Å². The fraction of sp³-hybridized carbons (Fsp3) is 0. The molecule has 0 bridgehead atoms. The molecule has 6 aromatic carbocycles. The van der Waals surface area contributed by atoms with Crippen LogP contribution in [0.2, 0.25) is 0 Å². The van der Waals surface area contributed by atoms with E-state index < -0.39 is 34.4 Å². The fourth-order valence-corrected chi connectivity index (χ4v) is 5.06. The second kappa shape index (κ2) is 11.6. The zero-order chi connectivity index (χ0) is 29.1. The van der Waals surface area contributed by atoms with Gasteiger partial charge in [0.05, 0.1) is 22.5 Å². The number of nitrogens with zero attached hydrogens (tertiary/aromatic N) is 2. The first-order chi connectivity index (χ1) is 20.5. The number of halogens is 4. The van der Waals surface area contributed by atoms with Crippen molar-refractivity contribution in [3.8, 4) is 11.1 Å². The third-order valence-corrected chi connectivity index (χ3v) is 6.88. The van der Waals surface area contributed by atoms with Crippen LogP contribution in [0.25, 0.3) is 11.1 Å². The van der Waals surface area contributed by atoms with E-state index in [9.17, 15) is 0 Å². The molecule has 0 heterocycles. The molecule has 0 aliphatic carbocycles. The Morgan fingerprint density at radius 1 is 0.286 bits per heavy atom. The minimum Gasteiger partial charge on any atom is -0.310 e. The van der Waals surface area contributed by atoms with Crippen molar-refractivity contribution in [1.29, 1.82) is 0 Å². The lowest BCUT2D eigenvalue weighted by atomic mass is 10.0. The topological polar surface area (TPSA) is 6.48 Å². The molecule has 0 aliphatic heterocycles. The first kappa shape index (κ1) is 26.8. The van der Waals surface area contributed by atoms with Crippen LogP contribution in [-0.2, 0) is 0 Å². The van der Waals surface area contributed by atoms with E-state index in [1.807, 2.05) is 72.8 Å². The zero-order valence-corrected chi connectivity index (χ0v) is 22.3. The lowest BCUT2D eigenvalue weighted by Gasteiger charge is -2.27. The second-order valence-electron chi connectivity index (χ2n) is 9.58. The highest BCUT2D eigenvalue weighted by Gasteiger charge is 2.25. The van der Waals surface area contributed by atoms with Crippen LogP contribution in [0, 0.1) is 23.3 Å². The molecule has 206 valence electrons. The van der Waals surface area contributed by atoms with E-state index in [1.54, 1.807) is 58.3 Å². The normalized spacial score (nSPS) is 10.9. The number of hydrogen-bond acceptors (Lipinski definition) is 2. The second-order valence-corrected chi connectivity index (χ2v) is 9.58. The fourth-order valence-electron chi connectivity index (χ4n) is 5.06. The largest absolute Gasteiger partial charge is 0.310 e. The molecule has 0 spiro atoms. The van der Waals surface area contributed by atoms with Crippen molar-refractivity contribution < 1.29 is 17.6 Å². The molecule has 0 aromatic heterocycles. The highest BCUT2D eigenvalue weighted by atomic mass is 19.1. The van der Waals surface area contributed by atoms with E-state index in [0.717, 1.165) is 24.3 Å². The smallest absolute Gasteiger partial charge is 0.136 e. The summed E-state index contributed by atoms with van der Waals surface area (Å²) in [6, 6.07) is 40.6. The maximum Gasteiger partial charge on any atom is 0.136 e. The van der Waals surface area contributed by atoms with Crippen molar-refractivity contribution in [1.82, 2.24) is 0 Å². The number of benzene rings is 6. The Hall–Kier alpha value is -5.36. The van der Waals surface area contributed by atoms with Crippen molar-refractivity contribution in [2.24, 2.45) is 0 Å². The van der Waals surface area contributed by atoms with Gasteiger partial charge >= 0.3 is 0 Å². The molecule has 0 amide bonds. The third-order valence-electron chi connectivity index (χ3n) is 6.88. The molecule has 0 unspecified atom stereocenters. The molecule has 0 fully saturated rings. The molecule has 2 nitrogen and oxygen atoms in total. The van der Waals surface area contributed by atoms with Crippen molar-refractivity contribution in [2.45, 2.75) is 0 Å². The van der Waals surface area contributed by atoms with E-state index in [-0.39, 0.29) is 11.4 Å². The first-order valence-electron chi connectivity index (χ1n) is 13.3. The summed E-state index contributed by atoms with van der Waals surface area (Å²) in [6.07, 6.45) is 0. The molecule has 6 aromatic rings. The Bertz CT molecular complexity index is 1550. The lowest BCUT2D eigenvalue weighted by Crippen LogP contribution is -2.12. The van der Waals surface area contributed by atoms with Gasteiger partial charge in [-0.15, -0.1) is 0 Å². The molecule has 6 heteroatoms. The van der Waals surface area contributed by atoms with Crippen LogP contribution in [0.15, 0.2) is 146 Å². The number of para-hydroxylation sites is 4. The first-order valence-corrected chi connectivity index (χ1v) is 13.3. The average Bonchev–Trinajstić information content (AvgIpc) is 3.01. The minimum absolute atomic E-state index is 0.169. The molecular weight excluding hydrogens is 536 g/mol. The standard InChI is InChI=1S/C36H24F4N2/c37-31-21-29(41(25-13-5-1-6-14-25)26-15-7-2-8-16-26)22-32(38)35(31)36-33(39)23-30(24-34(36)40)42(27-17-9-3-10-18-27)28-19-11-4-12-20-28/h1-24H. The average molecular weight is 561 g/mol. The van der Waals surface area contributed by atoms with Crippen LogP contribution in [-0.4, -0.2) is 0 Å². The van der Waals surface area contributed by atoms with Gasteiger partial charge in [-0.1, -0.05) is 72.8 Å². The van der Waals surface area contributed by atoms with Crippen molar-refractivity contribution in [2.75, 3.05) is 9.80 Å². The molecule has 42 heavy (non-hydrogen) atoms. The Labute approximate surface area is 241 Å². The predicted molar refractivity (Wildman–Crippen MR) is 161 cm³/mol. The summed E-state index contributed by atoms with van der Waals surface area (Å²) < 4.78 is 62.9. The Balaban J connectivity index is 1.45. The molecule has 0 N–H and O–H groups in total. The lowest BCUT2D eigenvalue weighted by molar-refractivity contribution is 0.564. The summed E-state index contributed by atoms with van der Waals surface area (Å²) in [5.41, 5.74) is 1.46. The van der Waals surface area contributed by atoms with Gasteiger partial charge in [-0.25, -0.2) is 17.6 Å². The van der Waals surface area contributed by atoms with Gasteiger partial charge in [0.1, 0.15) is 23.3 Å². The van der Waals surface area contributed by atoms with Crippen LogP contribution in [0.5, 0.6) is 0 Å². The van der Waals surface area contributed by atoms with Gasteiger partial charge in [-0.05, 0) is 72.8 Å². The van der Waals surface area contributed by atoms with Crippen LogP contribution in [0.1, 0.15) is 0 Å². The van der Waals surface area contributed by atoms with Gasteiger partial charge < -0.3 is 9.80 Å². The molecule has 0 saturated carbocycles. The highest BCUT2D eigenvalue weighted by Crippen LogP contribution is 2.41. The van der Waals surface area contributed by atoms with E-state index in [2.05, 4.69) is 0 Å². The van der Waals surface area contributed by atoms with Crippen LogP contribution >= 0.6 is 0 Å². The van der Waals surface area contributed by atoms with Gasteiger partial charge in [0, 0.05) is 22.7 Å². The predicted octanol–water partition coefficient (Wildman–Crippen LogP) is 10.8. The van der Waals surface area contributed by atoms with E-state index in [1.165, 1.54) is 0 Å². The number of rotatable bonds is 7. The van der Waals surface area contributed by atoms with Crippen LogP contribution in [0.3, 0.4) is 0 Å². The summed E-state index contributed by atoms with van der Waals surface area (Å²) in [5, 5.41) is 0. The Morgan fingerprint density at radius 3 is 0.714 bits per heavy atom. The quantitative estimate of drug-likeness (QED) is 0.179. The molecule has 6 rings (SSSR count). The van der Waals surface area contributed by atoms with E-state index in [4.69, 9.17) is 0 Å². The summed E-state index contributed by atoms with van der Waals surface area (Å²) in [5.74, 6) is -4.35. The maximum atomic E-state index is 15.7. The maximum absolute atomic E-state index is 15.7. The van der Waals surface area contributed by atoms with Gasteiger partial charge in [-0.3, -0.25) is 0 Å². The summed E-state index contributed by atoms with van der Waals surface area (Å²) in [6.45, 7) is 0. The zero-order valence-electron chi connectivity index (χ0n) is 22.3. The van der Waals surface area contributed by atoms with Gasteiger partial charge in [0.2, 0.25) is 0 Å². The Morgan fingerprint density at radius 2 is 0.500 bits per heavy atom. The summed E-state index contributed by atoms with van der Waals surface area (Å²) in [7, 11) is 0. The molecule has 0 radical (unpaired) electrons. The Kier molecular flexibility index (Phi) is 7.43. The van der Waals surface area contributed by atoms with Crippen LogP contribution < -0.4 is 9.80 Å². The van der Waals surface area contributed by atoms with E-state index in [0.29, 0.717) is 22.7 Å². The van der Waals surface area contributed by atoms with Crippen molar-refractivity contribution in [3.63, 3.8) is 0 Å². The number of hydrogen-bond donors (Lipinski definition) is 0.